The lowest BCUT2D eigenvalue weighted by Gasteiger charge is -2.35. The summed E-state index contributed by atoms with van der Waals surface area (Å²) in [7, 11) is 1.29. The molecule has 0 unspecified atom stereocenters. The summed E-state index contributed by atoms with van der Waals surface area (Å²) in [5, 5.41) is 12.2. The lowest BCUT2D eigenvalue weighted by atomic mass is 10.1. The Balaban J connectivity index is 2.86. The zero-order chi connectivity index (χ0) is 20.6. The van der Waals surface area contributed by atoms with Gasteiger partial charge in [0.15, 0.2) is 0 Å². The van der Waals surface area contributed by atoms with Crippen molar-refractivity contribution in [3.63, 3.8) is 0 Å². The van der Waals surface area contributed by atoms with Gasteiger partial charge in [-0.2, -0.15) is 0 Å². The Hall–Kier alpha value is -1.81. The number of esters is 1. The van der Waals surface area contributed by atoms with Crippen LogP contribution in [-0.2, 0) is 19.1 Å². The van der Waals surface area contributed by atoms with Crippen molar-refractivity contribution < 1.29 is 23.9 Å². The van der Waals surface area contributed by atoms with Gasteiger partial charge in [-0.3, -0.25) is 20.0 Å². The molecule has 154 valence electrons. The second-order valence-electron chi connectivity index (χ2n) is 7.10. The predicted molar refractivity (Wildman–Crippen MR) is 104 cm³/mol. The molecule has 1 heterocycles. The summed E-state index contributed by atoms with van der Waals surface area (Å²) in [6, 6.07) is -1.57. The molecule has 0 aromatic carbocycles. The Labute approximate surface area is 164 Å². The first-order valence-electron chi connectivity index (χ1n) is 8.92. The molecule has 1 rings (SSSR count). The summed E-state index contributed by atoms with van der Waals surface area (Å²) in [5.41, 5.74) is 2.15. The van der Waals surface area contributed by atoms with Gasteiger partial charge in [0.2, 0.25) is 0 Å². The molecule has 2 amide bonds. The van der Waals surface area contributed by atoms with Crippen LogP contribution in [0.1, 0.15) is 47.0 Å². The van der Waals surface area contributed by atoms with Crippen LogP contribution in [0.4, 0.5) is 4.79 Å². The highest BCUT2D eigenvalue weighted by Gasteiger charge is 2.34. The van der Waals surface area contributed by atoms with E-state index in [1.54, 1.807) is 20.8 Å². The van der Waals surface area contributed by atoms with E-state index in [0.717, 1.165) is 0 Å². The molecule has 2 atom stereocenters. The summed E-state index contributed by atoms with van der Waals surface area (Å²) in [6.45, 7) is 7.49. The highest BCUT2D eigenvalue weighted by Crippen LogP contribution is 2.14. The number of nitrogens with zero attached hydrogens (tertiary/aromatic N) is 1. The SMILES string of the molecule is CCSC(=N)C[C@H](NC(=O)OC(C)(C)C)C(=O)N1CCC[C@@H](C(=O)OC)N1. The van der Waals surface area contributed by atoms with Crippen molar-refractivity contribution >= 4 is 34.8 Å². The first kappa shape index (κ1) is 23.2. The Morgan fingerprint density at radius 2 is 2.04 bits per heavy atom. The Kier molecular flexibility index (Phi) is 9.04. The van der Waals surface area contributed by atoms with E-state index < -0.39 is 35.7 Å². The van der Waals surface area contributed by atoms with Crippen LogP contribution < -0.4 is 10.7 Å². The minimum absolute atomic E-state index is 0.0532. The summed E-state index contributed by atoms with van der Waals surface area (Å²) < 4.78 is 9.96. The molecule has 0 spiro atoms. The van der Waals surface area contributed by atoms with E-state index in [9.17, 15) is 14.4 Å². The topological polar surface area (TPSA) is 121 Å². The van der Waals surface area contributed by atoms with Crippen LogP contribution in [0, 0.1) is 5.41 Å². The molecule has 1 saturated heterocycles. The van der Waals surface area contributed by atoms with Crippen LogP contribution in [0.3, 0.4) is 0 Å². The number of nitrogens with one attached hydrogen (secondary N) is 3. The normalized spacial score (nSPS) is 18.4. The zero-order valence-electron chi connectivity index (χ0n) is 16.6. The molecule has 0 bridgehead atoms. The van der Waals surface area contributed by atoms with Crippen molar-refractivity contribution in [1.82, 2.24) is 15.8 Å². The maximum Gasteiger partial charge on any atom is 0.408 e. The minimum Gasteiger partial charge on any atom is -0.468 e. The molecule has 0 saturated carbocycles. The molecule has 1 aliphatic heterocycles. The molecule has 3 N–H and O–H groups in total. The number of thioether (sulfide) groups is 1. The largest absolute Gasteiger partial charge is 0.468 e. The second kappa shape index (κ2) is 10.5. The third kappa shape index (κ3) is 8.17. The molecular weight excluding hydrogens is 372 g/mol. The lowest BCUT2D eigenvalue weighted by molar-refractivity contribution is -0.150. The molecule has 27 heavy (non-hydrogen) atoms. The van der Waals surface area contributed by atoms with Gasteiger partial charge in [0.25, 0.3) is 5.91 Å². The molecule has 0 aromatic rings. The van der Waals surface area contributed by atoms with Crippen LogP contribution in [0.5, 0.6) is 0 Å². The molecular formula is C17H30N4O5S. The van der Waals surface area contributed by atoms with Crippen LogP contribution in [-0.4, -0.2) is 65.1 Å². The number of ether oxygens (including phenoxy) is 2. The quantitative estimate of drug-likeness (QED) is 0.351. The number of carbonyl (C=O) groups is 3. The monoisotopic (exact) mass is 402 g/mol. The lowest BCUT2D eigenvalue weighted by Crippen LogP contribution is -2.60. The van der Waals surface area contributed by atoms with E-state index in [1.165, 1.54) is 23.9 Å². The number of amides is 2. The fourth-order valence-electron chi connectivity index (χ4n) is 2.51. The van der Waals surface area contributed by atoms with Gasteiger partial charge >= 0.3 is 12.1 Å². The summed E-state index contributed by atoms with van der Waals surface area (Å²) in [4.78, 5) is 36.8. The maximum absolute atomic E-state index is 12.9. The van der Waals surface area contributed by atoms with Crippen molar-refractivity contribution in [2.45, 2.75) is 64.6 Å². The molecule has 1 fully saturated rings. The van der Waals surface area contributed by atoms with Gasteiger partial charge in [-0.25, -0.2) is 10.2 Å². The first-order valence-corrected chi connectivity index (χ1v) is 9.91. The standard InChI is InChI=1S/C17H30N4O5S/c1-6-27-13(18)10-12(19-16(24)26-17(2,3)4)14(22)21-9-7-8-11(20-21)15(23)25-5/h11-12,18,20H,6-10H2,1-5H3,(H,19,24)/t11-,12-/m0/s1. The minimum atomic E-state index is -0.963. The number of alkyl carbamates (subject to hydrolysis) is 1. The van der Waals surface area contributed by atoms with Gasteiger partial charge in [-0.15, -0.1) is 11.8 Å². The average molecular weight is 403 g/mol. The first-order chi connectivity index (χ1) is 12.6. The molecule has 0 radical (unpaired) electrons. The van der Waals surface area contributed by atoms with E-state index in [-0.39, 0.29) is 11.5 Å². The van der Waals surface area contributed by atoms with Crippen LogP contribution in [0.2, 0.25) is 0 Å². The van der Waals surface area contributed by atoms with Crippen molar-refractivity contribution in [2.75, 3.05) is 19.4 Å². The van der Waals surface area contributed by atoms with Crippen LogP contribution in [0.15, 0.2) is 0 Å². The fraction of sp³-hybridized carbons (Fsp3) is 0.765. The number of carbonyl (C=O) groups excluding carboxylic acids is 3. The Morgan fingerprint density at radius 3 is 2.59 bits per heavy atom. The van der Waals surface area contributed by atoms with Gasteiger partial charge in [0, 0.05) is 13.0 Å². The van der Waals surface area contributed by atoms with Gasteiger partial charge in [0.1, 0.15) is 17.7 Å². The van der Waals surface area contributed by atoms with Crippen molar-refractivity contribution in [2.24, 2.45) is 0 Å². The summed E-state index contributed by atoms with van der Waals surface area (Å²) >= 11 is 1.30. The fourth-order valence-corrected chi connectivity index (χ4v) is 3.15. The van der Waals surface area contributed by atoms with E-state index in [4.69, 9.17) is 14.9 Å². The van der Waals surface area contributed by atoms with E-state index in [0.29, 0.717) is 25.1 Å². The predicted octanol–water partition coefficient (Wildman–Crippen LogP) is 1.67. The summed E-state index contributed by atoms with van der Waals surface area (Å²) in [6.07, 6.45) is 0.509. The Bertz CT molecular complexity index is 564. The van der Waals surface area contributed by atoms with E-state index >= 15 is 0 Å². The number of methoxy groups -OCH3 is 1. The van der Waals surface area contributed by atoms with Gasteiger partial charge < -0.3 is 14.8 Å². The smallest absolute Gasteiger partial charge is 0.408 e. The van der Waals surface area contributed by atoms with Gasteiger partial charge in [-0.1, -0.05) is 6.92 Å². The third-order valence-electron chi connectivity index (χ3n) is 3.64. The molecule has 10 heteroatoms. The van der Waals surface area contributed by atoms with Gasteiger partial charge in [-0.05, 0) is 39.4 Å². The number of rotatable bonds is 6. The van der Waals surface area contributed by atoms with E-state index in [2.05, 4.69) is 10.7 Å². The van der Waals surface area contributed by atoms with Crippen molar-refractivity contribution in [3.8, 4) is 0 Å². The highest BCUT2D eigenvalue weighted by atomic mass is 32.2. The number of hydrazine groups is 1. The van der Waals surface area contributed by atoms with E-state index in [1.807, 2.05) is 6.92 Å². The number of hydrogen-bond donors (Lipinski definition) is 3. The number of hydrogen-bond acceptors (Lipinski definition) is 8. The third-order valence-corrected chi connectivity index (χ3v) is 4.44. The van der Waals surface area contributed by atoms with Crippen LogP contribution in [0.25, 0.3) is 0 Å². The average Bonchev–Trinajstić information content (AvgIpc) is 2.58. The Morgan fingerprint density at radius 1 is 1.37 bits per heavy atom. The molecule has 9 nitrogen and oxygen atoms in total. The molecule has 0 aromatic heterocycles. The molecule has 1 aliphatic rings. The molecule has 0 aliphatic carbocycles. The van der Waals surface area contributed by atoms with Crippen molar-refractivity contribution in [3.05, 3.63) is 0 Å². The van der Waals surface area contributed by atoms with Gasteiger partial charge in [0.05, 0.1) is 12.2 Å². The highest BCUT2D eigenvalue weighted by molar-refractivity contribution is 8.13. The zero-order valence-corrected chi connectivity index (χ0v) is 17.4. The van der Waals surface area contributed by atoms with Crippen molar-refractivity contribution in [1.29, 1.82) is 5.41 Å². The summed E-state index contributed by atoms with van der Waals surface area (Å²) in [5.74, 6) is -0.173. The van der Waals surface area contributed by atoms with Crippen LogP contribution >= 0.6 is 11.8 Å². The maximum atomic E-state index is 12.9. The second-order valence-corrected chi connectivity index (χ2v) is 8.45.